The van der Waals surface area contributed by atoms with Gasteiger partial charge in [-0.05, 0) is 77.9 Å². The smallest absolute Gasteiger partial charge is 0.343 e. The van der Waals surface area contributed by atoms with Gasteiger partial charge in [-0.3, -0.25) is 4.79 Å². The lowest BCUT2D eigenvalue weighted by atomic mass is 10.2. The Labute approximate surface area is 230 Å². The van der Waals surface area contributed by atoms with Crippen molar-refractivity contribution >= 4 is 29.7 Å². The number of nitrogens with zero attached hydrogens (tertiary/aromatic N) is 1. The Bertz CT molecular complexity index is 1470. The number of rotatable bonds is 10. The van der Waals surface area contributed by atoms with Crippen LogP contribution in [0.1, 0.15) is 31.8 Å². The molecule has 8 nitrogen and oxygen atoms in total. The first-order valence-electron chi connectivity index (χ1n) is 11.8. The van der Waals surface area contributed by atoms with E-state index >= 15 is 0 Å². The SMILES string of the molecule is COc1ccc(C(=O)Oc2ccc(/C=N\NC(=O)c3ccccc3OCc3ccc(Cl)cc3)cc2OC)cc1. The maximum atomic E-state index is 12.8. The summed E-state index contributed by atoms with van der Waals surface area (Å²) in [4.78, 5) is 25.3. The van der Waals surface area contributed by atoms with Crippen LogP contribution in [0.15, 0.2) is 96.1 Å². The van der Waals surface area contributed by atoms with Gasteiger partial charge in [-0.15, -0.1) is 0 Å². The Morgan fingerprint density at radius 1 is 0.846 bits per heavy atom. The van der Waals surface area contributed by atoms with Gasteiger partial charge in [0.15, 0.2) is 11.5 Å². The van der Waals surface area contributed by atoms with Gasteiger partial charge >= 0.3 is 5.97 Å². The minimum atomic E-state index is -0.540. The van der Waals surface area contributed by atoms with Gasteiger partial charge in [-0.2, -0.15) is 5.10 Å². The highest BCUT2D eigenvalue weighted by atomic mass is 35.5. The van der Waals surface area contributed by atoms with Crippen LogP contribution in [-0.4, -0.2) is 32.3 Å². The third kappa shape index (κ3) is 7.37. The number of hydrazone groups is 1. The highest BCUT2D eigenvalue weighted by Crippen LogP contribution is 2.28. The van der Waals surface area contributed by atoms with Crippen molar-refractivity contribution in [2.24, 2.45) is 5.10 Å². The van der Waals surface area contributed by atoms with Crippen LogP contribution < -0.4 is 24.4 Å². The summed E-state index contributed by atoms with van der Waals surface area (Å²) in [6, 6.07) is 25.6. The van der Waals surface area contributed by atoms with Crippen LogP contribution >= 0.6 is 11.6 Å². The molecule has 0 aliphatic rings. The Hall–Kier alpha value is -4.82. The van der Waals surface area contributed by atoms with E-state index in [0.717, 1.165) is 5.56 Å². The number of halogens is 1. The molecule has 0 saturated carbocycles. The number of para-hydroxylation sites is 1. The van der Waals surface area contributed by atoms with Gasteiger partial charge in [0.1, 0.15) is 18.1 Å². The lowest BCUT2D eigenvalue weighted by Gasteiger charge is -2.11. The lowest BCUT2D eigenvalue weighted by molar-refractivity contribution is 0.0729. The molecule has 39 heavy (non-hydrogen) atoms. The molecule has 4 aromatic rings. The first-order valence-corrected chi connectivity index (χ1v) is 12.2. The van der Waals surface area contributed by atoms with Crippen molar-refractivity contribution in [2.75, 3.05) is 14.2 Å². The van der Waals surface area contributed by atoms with Crippen LogP contribution in [0.5, 0.6) is 23.0 Å². The third-order valence-corrected chi connectivity index (χ3v) is 5.79. The molecule has 0 radical (unpaired) electrons. The molecular weight excluding hydrogens is 520 g/mol. The second kappa shape index (κ2) is 13.1. The van der Waals surface area contributed by atoms with Crippen LogP contribution in [0.3, 0.4) is 0 Å². The van der Waals surface area contributed by atoms with Crippen LogP contribution in [0.2, 0.25) is 5.02 Å². The number of amides is 1. The Kier molecular flexibility index (Phi) is 9.16. The molecule has 0 unspecified atom stereocenters. The van der Waals surface area contributed by atoms with E-state index in [1.807, 2.05) is 12.1 Å². The molecule has 0 aliphatic heterocycles. The van der Waals surface area contributed by atoms with E-state index in [9.17, 15) is 9.59 Å². The molecule has 9 heteroatoms. The molecule has 0 saturated heterocycles. The van der Waals surface area contributed by atoms with Crippen molar-refractivity contribution < 1.29 is 28.5 Å². The topological polar surface area (TPSA) is 95.5 Å². The first kappa shape index (κ1) is 27.2. The summed E-state index contributed by atoms with van der Waals surface area (Å²) < 4.78 is 21.8. The Morgan fingerprint density at radius 2 is 1.59 bits per heavy atom. The van der Waals surface area contributed by atoms with Crippen molar-refractivity contribution in [3.8, 4) is 23.0 Å². The van der Waals surface area contributed by atoms with Crippen molar-refractivity contribution in [3.05, 3.63) is 118 Å². The predicted octanol–water partition coefficient (Wildman–Crippen LogP) is 5.92. The van der Waals surface area contributed by atoms with E-state index in [-0.39, 0.29) is 12.4 Å². The molecule has 1 amide bonds. The van der Waals surface area contributed by atoms with Crippen molar-refractivity contribution in [2.45, 2.75) is 6.61 Å². The highest BCUT2D eigenvalue weighted by Gasteiger charge is 2.14. The summed E-state index contributed by atoms with van der Waals surface area (Å²) in [5, 5.41) is 4.68. The number of hydrogen-bond acceptors (Lipinski definition) is 7. The summed E-state index contributed by atoms with van der Waals surface area (Å²) >= 11 is 5.93. The molecule has 0 aromatic heterocycles. The number of carbonyl (C=O) groups excluding carboxylic acids is 2. The molecule has 198 valence electrons. The molecule has 0 heterocycles. The average Bonchev–Trinajstić information content (AvgIpc) is 2.97. The minimum Gasteiger partial charge on any atom is -0.497 e. The number of carbonyl (C=O) groups is 2. The van der Waals surface area contributed by atoms with Crippen LogP contribution in [0.25, 0.3) is 0 Å². The molecule has 0 fully saturated rings. The van der Waals surface area contributed by atoms with Gasteiger partial charge in [0.25, 0.3) is 5.91 Å². The van der Waals surface area contributed by atoms with Crippen LogP contribution in [0, 0.1) is 0 Å². The largest absolute Gasteiger partial charge is 0.497 e. The maximum Gasteiger partial charge on any atom is 0.343 e. The number of methoxy groups -OCH3 is 2. The van der Waals surface area contributed by atoms with Crippen molar-refractivity contribution in [1.29, 1.82) is 0 Å². The van der Waals surface area contributed by atoms with Gasteiger partial charge < -0.3 is 18.9 Å². The minimum absolute atomic E-state index is 0.242. The monoisotopic (exact) mass is 544 g/mol. The van der Waals surface area contributed by atoms with Gasteiger partial charge in [0, 0.05) is 5.02 Å². The normalized spacial score (nSPS) is 10.6. The zero-order chi connectivity index (χ0) is 27.6. The van der Waals surface area contributed by atoms with E-state index in [2.05, 4.69) is 10.5 Å². The number of hydrogen-bond donors (Lipinski definition) is 1. The third-order valence-electron chi connectivity index (χ3n) is 5.54. The zero-order valence-corrected chi connectivity index (χ0v) is 22.0. The summed E-state index contributed by atoms with van der Waals surface area (Å²) in [5.74, 6) is 0.648. The Morgan fingerprint density at radius 3 is 2.31 bits per heavy atom. The van der Waals surface area contributed by atoms with E-state index in [0.29, 0.717) is 39.0 Å². The van der Waals surface area contributed by atoms with Gasteiger partial charge in [-0.1, -0.05) is 35.9 Å². The number of ether oxygens (including phenoxy) is 4. The Balaban J connectivity index is 1.38. The number of benzene rings is 4. The second-order valence-electron chi connectivity index (χ2n) is 8.14. The van der Waals surface area contributed by atoms with Gasteiger partial charge in [-0.25, -0.2) is 10.2 Å². The first-order chi connectivity index (χ1) is 19.0. The van der Waals surface area contributed by atoms with Gasteiger partial charge in [0.05, 0.1) is 31.6 Å². The van der Waals surface area contributed by atoms with Crippen LogP contribution in [0.4, 0.5) is 0 Å². The van der Waals surface area contributed by atoms with E-state index < -0.39 is 11.9 Å². The maximum absolute atomic E-state index is 12.8. The van der Waals surface area contributed by atoms with Crippen LogP contribution in [-0.2, 0) is 6.61 Å². The lowest BCUT2D eigenvalue weighted by Crippen LogP contribution is -2.18. The van der Waals surface area contributed by atoms with Crippen molar-refractivity contribution in [1.82, 2.24) is 5.43 Å². The fraction of sp³-hybridized carbons (Fsp3) is 0.100. The summed E-state index contributed by atoms with van der Waals surface area (Å²) in [7, 11) is 3.01. The van der Waals surface area contributed by atoms with E-state index in [1.54, 1.807) is 86.0 Å². The number of esters is 1. The molecule has 0 atom stereocenters. The molecule has 0 spiro atoms. The molecule has 4 rings (SSSR count). The molecule has 0 aliphatic carbocycles. The van der Waals surface area contributed by atoms with E-state index in [4.69, 9.17) is 30.5 Å². The quantitative estimate of drug-likeness (QED) is 0.115. The summed E-state index contributed by atoms with van der Waals surface area (Å²) in [6.07, 6.45) is 1.45. The summed E-state index contributed by atoms with van der Waals surface area (Å²) in [6.45, 7) is 0.278. The van der Waals surface area contributed by atoms with Gasteiger partial charge in [0.2, 0.25) is 0 Å². The standard InChI is InChI=1S/C30H25ClN2O6/c1-36-24-14-10-22(11-15-24)30(35)39-27-16-9-21(17-28(27)37-2)18-32-33-29(34)25-5-3-4-6-26(25)38-19-20-7-12-23(31)13-8-20/h3-18H,19H2,1-2H3,(H,33,34)/b32-18-. The fourth-order valence-electron chi connectivity index (χ4n) is 3.48. The van der Waals surface area contributed by atoms with E-state index in [1.165, 1.54) is 13.3 Å². The average molecular weight is 545 g/mol. The second-order valence-corrected chi connectivity index (χ2v) is 8.58. The molecule has 4 aromatic carbocycles. The molecule has 1 N–H and O–H groups in total. The number of nitrogens with one attached hydrogen (secondary N) is 1. The summed E-state index contributed by atoms with van der Waals surface area (Å²) in [5.41, 5.74) is 4.74. The predicted molar refractivity (Wildman–Crippen MR) is 148 cm³/mol. The molecular formula is C30H25ClN2O6. The zero-order valence-electron chi connectivity index (χ0n) is 21.2. The van der Waals surface area contributed by atoms with Crippen molar-refractivity contribution in [3.63, 3.8) is 0 Å². The fourth-order valence-corrected chi connectivity index (χ4v) is 3.61. The highest BCUT2D eigenvalue weighted by molar-refractivity contribution is 6.30. The molecule has 0 bridgehead atoms.